The van der Waals surface area contributed by atoms with E-state index in [1.165, 1.54) is 5.56 Å². The van der Waals surface area contributed by atoms with Crippen LogP contribution in [-0.4, -0.2) is 10.1 Å². The van der Waals surface area contributed by atoms with Gasteiger partial charge in [0.05, 0.1) is 5.69 Å². The first-order chi connectivity index (χ1) is 9.74. The molecule has 20 heavy (non-hydrogen) atoms. The molecule has 1 heterocycles. The smallest absolute Gasteiger partial charge is 0.124 e. The van der Waals surface area contributed by atoms with Gasteiger partial charge in [0.25, 0.3) is 0 Å². The summed E-state index contributed by atoms with van der Waals surface area (Å²) in [5.41, 5.74) is 2.75. The molecule has 0 aliphatic carbocycles. The van der Waals surface area contributed by atoms with Crippen LogP contribution in [0.4, 0.5) is 0 Å². The Bertz CT molecular complexity index is 768. The van der Waals surface area contributed by atoms with Gasteiger partial charge in [-0.2, -0.15) is 0 Å². The van der Waals surface area contributed by atoms with Gasteiger partial charge in [-0.05, 0) is 18.4 Å². The van der Waals surface area contributed by atoms with E-state index in [2.05, 4.69) is 4.98 Å². The molecule has 0 amide bonds. The molecule has 0 atom stereocenters. The van der Waals surface area contributed by atoms with Gasteiger partial charge in [0.1, 0.15) is 5.76 Å². The molecule has 98 valence electrons. The summed E-state index contributed by atoms with van der Waals surface area (Å²) in [6.07, 6.45) is 3.48. The number of aromatic nitrogens is 1. The molecule has 0 aliphatic rings. The van der Waals surface area contributed by atoms with Crippen LogP contribution in [0.25, 0.3) is 22.6 Å². The fourth-order valence-corrected chi connectivity index (χ4v) is 2.20. The number of benzene rings is 2. The van der Waals surface area contributed by atoms with Crippen molar-refractivity contribution in [2.24, 2.45) is 0 Å². The van der Waals surface area contributed by atoms with E-state index in [1.807, 2.05) is 61.5 Å². The summed E-state index contributed by atoms with van der Waals surface area (Å²) >= 11 is 0. The maximum atomic E-state index is 10.2. The summed E-state index contributed by atoms with van der Waals surface area (Å²) in [6, 6.07) is 17.8. The van der Waals surface area contributed by atoms with Gasteiger partial charge >= 0.3 is 0 Å². The Kier molecular flexibility index (Phi) is 3.21. The molecular weight excluding hydrogens is 246 g/mol. The Hall–Kier alpha value is -2.61. The highest BCUT2D eigenvalue weighted by Gasteiger charge is 2.03. The minimum atomic E-state index is 0.230. The normalized spacial score (nSPS) is 11.8. The van der Waals surface area contributed by atoms with Crippen LogP contribution < -0.4 is 0 Å². The van der Waals surface area contributed by atoms with Crippen LogP contribution in [0.3, 0.4) is 0 Å². The van der Waals surface area contributed by atoms with E-state index < -0.39 is 0 Å². The fourth-order valence-electron chi connectivity index (χ4n) is 2.20. The summed E-state index contributed by atoms with van der Waals surface area (Å²) in [5.74, 6) is 0.230. The molecule has 3 rings (SSSR count). The van der Waals surface area contributed by atoms with E-state index in [9.17, 15) is 5.11 Å². The lowest BCUT2D eigenvalue weighted by Gasteiger charge is -2.04. The summed E-state index contributed by atoms with van der Waals surface area (Å²) < 4.78 is 0. The number of aliphatic hydroxyl groups is 1. The van der Waals surface area contributed by atoms with Crippen molar-refractivity contribution in [3.63, 3.8) is 0 Å². The maximum absolute atomic E-state index is 10.2. The predicted octanol–water partition coefficient (Wildman–Crippen LogP) is 4.60. The van der Waals surface area contributed by atoms with Crippen LogP contribution in [0.15, 0.2) is 60.8 Å². The Morgan fingerprint density at radius 2 is 1.75 bits per heavy atom. The molecule has 0 spiro atoms. The van der Waals surface area contributed by atoms with Crippen LogP contribution in [0.2, 0.25) is 0 Å². The van der Waals surface area contributed by atoms with Gasteiger partial charge in [0.2, 0.25) is 0 Å². The topological polar surface area (TPSA) is 33.1 Å². The molecule has 0 fully saturated rings. The molecule has 0 bridgehead atoms. The largest absolute Gasteiger partial charge is 0.507 e. The number of pyridine rings is 1. The third-order valence-corrected chi connectivity index (χ3v) is 3.33. The first-order valence-corrected chi connectivity index (χ1v) is 6.55. The zero-order valence-electron chi connectivity index (χ0n) is 11.2. The predicted molar refractivity (Wildman–Crippen MR) is 83.4 cm³/mol. The second kappa shape index (κ2) is 5.17. The Morgan fingerprint density at radius 3 is 2.55 bits per heavy atom. The van der Waals surface area contributed by atoms with Gasteiger partial charge in [0.15, 0.2) is 0 Å². The molecule has 3 aromatic rings. The zero-order chi connectivity index (χ0) is 13.9. The molecule has 0 saturated heterocycles. The van der Waals surface area contributed by atoms with Gasteiger partial charge in [-0.25, -0.2) is 0 Å². The summed E-state index contributed by atoms with van der Waals surface area (Å²) in [6.45, 7) is 2.02. The van der Waals surface area contributed by atoms with Gasteiger partial charge in [-0.15, -0.1) is 0 Å². The molecule has 0 radical (unpaired) electrons. The molecule has 1 N–H and O–H groups in total. The van der Waals surface area contributed by atoms with Crippen molar-refractivity contribution in [1.29, 1.82) is 0 Å². The SMILES string of the molecule is Cc1ccc(/C(O)=C/c2nccc3ccccc23)cc1. The molecule has 0 unspecified atom stereocenters. The van der Waals surface area contributed by atoms with Crippen molar-refractivity contribution < 1.29 is 5.11 Å². The van der Waals surface area contributed by atoms with E-state index in [1.54, 1.807) is 12.3 Å². The van der Waals surface area contributed by atoms with Crippen molar-refractivity contribution in [3.05, 3.63) is 77.6 Å². The third-order valence-electron chi connectivity index (χ3n) is 3.33. The first-order valence-electron chi connectivity index (χ1n) is 6.55. The lowest BCUT2D eigenvalue weighted by molar-refractivity contribution is 0.515. The second-order valence-corrected chi connectivity index (χ2v) is 4.81. The van der Waals surface area contributed by atoms with Crippen molar-refractivity contribution in [1.82, 2.24) is 4.98 Å². The van der Waals surface area contributed by atoms with Crippen molar-refractivity contribution >= 4 is 22.6 Å². The van der Waals surface area contributed by atoms with Crippen LogP contribution in [-0.2, 0) is 0 Å². The van der Waals surface area contributed by atoms with Crippen LogP contribution in [0.1, 0.15) is 16.8 Å². The number of aryl methyl sites for hydroxylation is 1. The number of hydrogen-bond acceptors (Lipinski definition) is 2. The van der Waals surface area contributed by atoms with Gasteiger partial charge in [0, 0.05) is 23.2 Å². The number of aliphatic hydroxyl groups excluding tert-OH is 1. The summed E-state index contributed by atoms with van der Waals surface area (Å²) in [4.78, 5) is 4.35. The summed E-state index contributed by atoms with van der Waals surface area (Å²) in [7, 11) is 0. The highest BCUT2D eigenvalue weighted by atomic mass is 16.3. The average molecular weight is 261 g/mol. The fraction of sp³-hybridized carbons (Fsp3) is 0.0556. The van der Waals surface area contributed by atoms with Crippen molar-refractivity contribution in [2.75, 3.05) is 0 Å². The molecule has 2 heteroatoms. The highest BCUT2D eigenvalue weighted by molar-refractivity contribution is 5.92. The second-order valence-electron chi connectivity index (χ2n) is 4.81. The van der Waals surface area contributed by atoms with Gasteiger partial charge in [-0.3, -0.25) is 4.98 Å². The lowest BCUT2D eigenvalue weighted by atomic mass is 10.1. The monoisotopic (exact) mass is 261 g/mol. The number of fused-ring (bicyclic) bond motifs is 1. The average Bonchev–Trinajstić information content (AvgIpc) is 2.48. The lowest BCUT2D eigenvalue weighted by Crippen LogP contribution is -1.87. The third kappa shape index (κ3) is 2.41. The Labute approximate surface area is 118 Å². The maximum Gasteiger partial charge on any atom is 0.124 e. The van der Waals surface area contributed by atoms with Gasteiger partial charge in [-0.1, -0.05) is 54.1 Å². The minimum absolute atomic E-state index is 0.230. The zero-order valence-corrected chi connectivity index (χ0v) is 11.2. The van der Waals surface area contributed by atoms with Crippen molar-refractivity contribution in [2.45, 2.75) is 6.92 Å². The number of hydrogen-bond donors (Lipinski definition) is 1. The van der Waals surface area contributed by atoms with E-state index in [0.29, 0.717) is 0 Å². The highest BCUT2D eigenvalue weighted by Crippen LogP contribution is 2.21. The Morgan fingerprint density at radius 1 is 1.00 bits per heavy atom. The van der Waals surface area contributed by atoms with Crippen LogP contribution in [0.5, 0.6) is 0 Å². The standard InChI is InChI=1S/C18H15NO/c1-13-6-8-15(9-7-13)18(20)12-17-16-5-3-2-4-14(16)10-11-19-17/h2-12,20H,1H3/b18-12-. The molecule has 0 saturated carbocycles. The first kappa shape index (κ1) is 12.4. The van der Waals surface area contributed by atoms with Crippen LogP contribution in [0, 0.1) is 6.92 Å². The van der Waals surface area contributed by atoms with Crippen LogP contribution >= 0.6 is 0 Å². The van der Waals surface area contributed by atoms with E-state index >= 15 is 0 Å². The van der Waals surface area contributed by atoms with Crippen molar-refractivity contribution in [3.8, 4) is 0 Å². The summed E-state index contributed by atoms with van der Waals surface area (Å²) in [5, 5.41) is 12.4. The van der Waals surface area contributed by atoms with Gasteiger partial charge < -0.3 is 5.11 Å². The Balaban J connectivity index is 2.07. The minimum Gasteiger partial charge on any atom is -0.507 e. The van der Waals surface area contributed by atoms with E-state index in [-0.39, 0.29) is 5.76 Å². The molecule has 1 aromatic heterocycles. The molecule has 2 nitrogen and oxygen atoms in total. The number of nitrogens with zero attached hydrogens (tertiary/aromatic N) is 1. The van der Waals surface area contributed by atoms with E-state index in [4.69, 9.17) is 0 Å². The molecular formula is C18H15NO. The quantitative estimate of drug-likeness (QED) is 0.684. The molecule has 2 aromatic carbocycles. The number of rotatable bonds is 2. The molecule has 0 aliphatic heterocycles. The van der Waals surface area contributed by atoms with E-state index in [0.717, 1.165) is 22.0 Å².